The van der Waals surface area contributed by atoms with Gasteiger partial charge in [-0.25, -0.2) is 0 Å². The number of nitrogens with zero attached hydrogens (tertiary/aromatic N) is 2. The number of ether oxygens (including phenoxy) is 10. The van der Waals surface area contributed by atoms with Crippen LogP contribution < -0.4 is 29.9 Å². The van der Waals surface area contributed by atoms with Gasteiger partial charge >= 0.3 is 11.9 Å². The molecule has 2 aromatic carbocycles. The van der Waals surface area contributed by atoms with Gasteiger partial charge in [0.15, 0.2) is 23.2 Å². The molecule has 22 heteroatoms. The third-order valence-electron chi connectivity index (χ3n) is 18.4. The van der Waals surface area contributed by atoms with Gasteiger partial charge in [-0.05, 0) is 124 Å². The van der Waals surface area contributed by atoms with Crippen LogP contribution in [0.4, 0.5) is 11.4 Å². The summed E-state index contributed by atoms with van der Waals surface area (Å²) in [5.41, 5.74) is -1.98. The molecule has 4 fully saturated rings. The molecule has 8 bridgehead atoms. The lowest BCUT2D eigenvalue weighted by atomic mass is 9.83. The minimum absolute atomic E-state index is 0.0875. The molecule has 91 heavy (non-hydrogen) atoms. The molecular weight excluding hydrogens is 1210 g/mol. The van der Waals surface area contributed by atoms with E-state index in [1.807, 2.05) is 97.0 Å². The van der Waals surface area contributed by atoms with Gasteiger partial charge in [-0.3, -0.25) is 19.2 Å². The van der Waals surface area contributed by atoms with Crippen LogP contribution in [0, 0.1) is 22.7 Å². The molecule has 0 saturated carbocycles. The Hall–Kier alpha value is -6.10. The van der Waals surface area contributed by atoms with Gasteiger partial charge in [0, 0.05) is 58.9 Å². The summed E-state index contributed by atoms with van der Waals surface area (Å²) in [6, 6.07) is 7.42. The molecule has 0 aliphatic carbocycles. The Kier molecular flexibility index (Phi) is 22.1. The first-order valence-electron chi connectivity index (χ1n) is 30.8. The number of carbonyl (C=O) groups excluding carboxylic acids is 4. The maximum atomic E-state index is 14.0. The van der Waals surface area contributed by atoms with Crippen molar-refractivity contribution in [1.82, 2.24) is 10.6 Å². The van der Waals surface area contributed by atoms with Crippen LogP contribution in [0.5, 0.6) is 11.5 Å². The van der Waals surface area contributed by atoms with E-state index in [1.54, 1.807) is 67.8 Å². The molecule has 0 spiro atoms. The summed E-state index contributed by atoms with van der Waals surface area (Å²) in [5.74, 6) is -0.949. The van der Waals surface area contributed by atoms with E-state index in [9.17, 15) is 29.4 Å². The number of halogens is 2. The summed E-state index contributed by atoms with van der Waals surface area (Å²) in [7, 11) is 9.40. The molecule has 4 saturated heterocycles. The molecule has 2 amide bonds. The van der Waals surface area contributed by atoms with Gasteiger partial charge in [-0.1, -0.05) is 91.6 Å². The van der Waals surface area contributed by atoms with Crippen LogP contribution in [-0.2, 0) is 63.5 Å². The lowest BCUT2D eigenvalue weighted by Crippen LogP contribution is -2.60. The summed E-state index contributed by atoms with van der Waals surface area (Å²) < 4.78 is 59.4. The third kappa shape index (κ3) is 15.9. The summed E-state index contributed by atoms with van der Waals surface area (Å²) in [5, 5.41) is 30.1. The van der Waals surface area contributed by atoms with Crippen molar-refractivity contribution in [3.8, 4) is 11.5 Å². The predicted molar refractivity (Wildman–Crippen MR) is 349 cm³/mol. The fraction of sp³-hybridized carbons (Fsp3) is 0.594. The molecule has 0 aromatic heterocycles. The second kappa shape index (κ2) is 27.8. The number of hydrogen-bond acceptors (Lipinski definition) is 18. The number of rotatable bonds is 6. The predicted octanol–water partition coefficient (Wildman–Crippen LogP) is 10.7. The first kappa shape index (κ1) is 72.3. The summed E-state index contributed by atoms with van der Waals surface area (Å²) >= 11 is 13.5. The molecule has 1 unspecified atom stereocenters. The van der Waals surface area contributed by atoms with Gasteiger partial charge in [0.25, 0.3) is 0 Å². The smallest absolute Gasteiger partial charge is 0.311 e. The second-order valence-corrected chi connectivity index (χ2v) is 28.3. The van der Waals surface area contributed by atoms with Gasteiger partial charge < -0.3 is 78.0 Å². The molecule has 6 heterocycles. The van der Waals surface area contributed by atoms with Gasteiger partial charge in [-0.2, -0.15) is 0 Å². The average molecular weight is 1310 g/mol. The molecule has 2 aromatic rings. The Balaban J connectivity index is 0.000000259. The maximum absolute atomic E-state index is 14.0. The van der Waals surface area contributed by atoms with Gasteiger partial charge in [0.05, 0.1) is 61.5 Å². The Bertz CT molecular complexity index is 3230. The SMILES string of the molecule is C=C1N[C@]2(O)C[C@H](O1)[C@@H](C)[C@@H]1O[C@@]1(C)[C@@H](OC(=O)C(C)(C)C)CC(=O)N(C)c1cc(cc(OC)c1Cl)C(C)/C(C)=C/C=C/[C@H]2OC.C=C1N[C@]2(O)C[C@H](O1)[C@@H](C)[C@@H]1O[C@@]1(C)[C@@H](OC(=O)C(C)(C)C)CC(=O)N(C)c1cc(cc(OC)c1Cl)C/C(C)=C/C=C/[C@H]2OC. The van der Waals surface area contributed by atoms with E-state index in [2.05, 4.69) is 23.8 Å². The first-order chi connectivity index (χ1) is 42.3. The topological polar surface area (TPSA) is 238 Å². The van der Waals surface area contributed by atoms with Gasteiger partial charge in [-0.15, -0.1) is 0 Å². The second-order valence-electron chi connectivity index (χ2n) is 27.5. The zero-order valence-electron chi connectivity index (χ0n) is 56.3. The number of anilines is 2. The molecule has 20 nitrogen and oxygen atoms in total. The molecule has 0 radical (unpaired) electrons. The maximum Gasteiger partial charge on any atom is 0.311 e. The number of epoxide rings is 2. The van der Waals surface area contributed by atoms with Crippen LogP contribution in [-0.4, -0.2) is 148 Å². The molecule has 502 valence electrons. The van der Waals surface area contributed by atoms with E-state index in [1.165, 1.54) is 38.2 Å². The van der Waals surface area contributed by atoms with Crippen LogP contribution in [0.2, 0.25) is 10.0 Å². The van der Waals surface area contributed by atoms with E-state index in [-0.39, 0.29) is 67.0 Å². The van der Waals surface area contributed by atoms with Crippen molar-refractivity contribution in [3.05, 3.63) is 118 Å². The van der Waals surface area contributed by atoms with Crippen molar-refractivity contribution in [2.75, 3.05) is 52.3 Å². The average Bonchev–Trinajstić information content (AvgIpc) is 1.58. The van der Waals surface area contributed by atoms with E-state index < -0.39 is 94.3 Å². The summed E-state index contributed by atoms with van der Waals surface area (Å²) in [6.07, 6.45) is 6.42. The number of allylic oxidation sites excluding steroid dienone is 6. The largest absolute Gasteiger partial charge is 0.495 e. The van der Waals surface area contributed by atoms with Crippen LogP contribution >= 0.6 is 23.2 Å². The number of fused-ring (bicyclic) bond motifs is 10. The van der Waals surface area contributed by atoms with Crippen molar-refractivity contribution < 1.29 is 76.8 Å². The van der Waals surface area contributed by atoms with E-state index in [0.29, 0.717) is 39.3 Å². The Morgan fingerprint density at radius 3 is 1.47 bits per heavy atom. The molecule has 6 aliphatic rings. The van der Waals surface area contributed by atoms with E-state index in [0.717, 1.165) is 22.3 Å². The van der Waals surface area contributed by atoms with Crippen molar-refractivity contribution >= 4 is 58.3 Å². The first-order valence-corrected chi connectivity index (χ1v) is 31.6. The Morgan fingerprint density at radius 1 is 0.659 bits per heavy atom. The molecule has 6 aliphatic heterocycles. The quantitative estimate of drug-likeness (QED) is 0.155. The number of benzene rings is 2. The zero-order valence-corrected chi connectivity index (χ0v) is 57.8. The summed E-state index contributed by atoms with van der Waals surface area (Å²) in [6.45, 7) is 32.0. The van der Waals surface area contributed by atoms with Crippen LogP contribution in [0.25, 0.3) is 0 Å². The molecular formula is C69H96Cl2N4O16. The fourth-order valence-corrected chi connectivity index (χ4v) is 12.8. The standard InChI is InChI=1S/C35H49ClN2O8.C34H47ClN2O8/c1-19-13-12-14-27(43-11)35(41)18-26(44-22(4)37-35)21(3)31-34(8,46-31)28(45-32(40)33(5,6)7)17-29(39)38(9)24-15-23(20(19)2)16-25(42-10)30(24)36;1-19-12-11-13-26(42-10)34(40)18-25(43-21(3)36-34)20(2)30-33(7,45-30)27(44-31(39)32(4,5)6)17-28(38)37(8)23-15-22(14-19)16-24(41-9)29(23)35/h12-16,20-21,26-28,31,37,41H,4,17-18H2,1-3,5-11H3;11-13,15-16,20,25-27,30,36,40H,3,14,17-18H2,1-2,4-10H3/b14-12+,19-13+;13-11+,19-12+/t20?,21-,26+,27-,28+,31+,34+,35+;20-,25+,26-,27+,30+,33+,34+/m11/s1. The van der Waals surface area contributed by atoms with E-state index in [4.69, 9.17) is 70.6 Å². The number of carbonyl (C=O) groups is 4. The van der Waals surface area contributed by atoms with Crippen molar-refractivity contribution in [1.29, 1.82) is 0 Å². The van der Waals surface area contributed by atoms with Crippen LogP contribution in [0.3, 0.4) is 0 Å². The number of nitrogens with one attached hydrogen (secondary N) is 2. The molecule has 15 atom stereocenters. The summed E-state index contributed by atoms with van der Waals surface area (Å²) in [4.78, 5) is 57.2. The van der Waals surface area contributed by atoms with Gasteiger partial charge in [0.2, 0.25) is 11.8 Å². The van der Waals surface area contributed by atoms with Crippen LogP contribution in [0.1, 0.15) is 133 Å². The van der Waals surface area contributed by atoms with Crippen molar-refractivity contribution in [2.24, 2.45) is 22.7 Å². The monoisotopic (exact) mass is 1310 g/mol. The highest BCUT2D eigenvalue weighted by Crippen LogP contribution is 2.52. The zero-order chi connectivity index (χ0) is 67.8. The molecule has 4 N–H and O–H groups in total. The minimum atomic E-state index is -1.53. The number of aliphatic hydroxyl groups is 2. The van der Waals surface area contributed by atoms with E-state index >= 15 is 0 Å². The number of amides is 2. The number of esters is 2. The normalized spacial score (nSPS) is 35.0. The Labute approximate surface area is 547 Å². The Morgan fingerprint density at radius 2 is 1.07 bits per heavy atom. The highest BCUT2D eigenvalue weighted by atomic mass is 35.5. The lowest BCUT2D eigenvalue weighted by Gasteiger charge is -2.44. The minimum Gasteiger partial charge on any atom is -0.495 e. The van der Waals surface area contributed by atoms with Crippen LogP contribution in [0.15, 0.2) is 96.8 Å². The van der Waals surface area contributed by atoms with Crippen molar-refractivity contribution in [2.45, 2.75) is 200 Å². The third-order valence-corrected chi connectivity index (χ3v) is 19.2. The number of methoxy groups -OCH3 is 4. The van der Waals surface area contributed by atoms with Gasteiger partial charge in [0.1, 0.15) is 69.4 Å². The molecule has 8 rings (SSSR count). The fourth-order valence-electron chi connectivity index (χ4n) is 12.2. The highest BCUT2D eigenvalue weighted by molar-refractivity contribution is 6.35. The lowest BCUT2D eigenvalue weighted by molar-refractivity contribution is -0.164. The highest BCUT2D eigenvalue weighted by Gasteiger charge is 2.66. The van der Waals surface area contributed by atoms with Crippen molar-refractivity contribution in [3.63, 3.8) is 0 Å². The number of hydrogen-bond donors (Lipinski definition) is 4.